The summed E-state index contributed by atoms with van der Waals surface area (Å²) in [5.74, 6) is 0.771. The van der Waals surface area contributed by atoms with Crippen LogP contribution in [0.2, 0.25) is 0 Å². The third-order valence-electron chi connectivity index (χ3n) is 5.62. The van der Waals surface area contributed by atoms with Crippen LogP contribution in [0, 0.1) is 0 Å². The Morgan fingerprint density at radius 1 is 1.03 bits per heavy atom. The first kappa shape index (κ1) is 20.4. The molecule has 0 saturated carbocycles. The van der Waals surface area contributed by atoms with Crippen LogP contribution < -0.4 is 0 Å². The topological polar surface area (TPSA) is 121 Å². The second-order valence-corrected chi connectivity index (χ2v) is 8.69. The predicted octanol–water partition coefficient (Wildman–Crippen LogP) is 1.92. The summed E-state index contributed by atoms with van der Waals surface area (Å²) in [5, 5.41) is 42.3. The van der Waals surface area contributed by atoms with E-state index in [2.05, 4.69) is 4.98 Å². The van der Waals surface area contributed by atoms with Crippen molar-refractivity contribution in [3.63, 3.8) is 0 Å². The highest BCUT2D eigenvalue weighted by molar-refractivity contribution is 7.15. The number of benzene rings is 1. The van der Waals surface area contributed by atoms with Gasteiger partial charge in [-0.1, -0.05) is 18.2 Å². The van der Waals surface area contributed by atoms with Crippen LogP contribution in [0.25, 0.3) is 21.5 Å². The summed E-state index contributed by atoms with van der Waals surface area (Å²) >= 11 is 1.54. The minimum atomic E-state index is -1.43. The number of ether oxygens (including phenoxy) is 1. The Hall–Kier alpha value is -2.53. The number of aromatic nitrogens is 2. The molecular weight excluding hydrogens is 420 g/mol. The zero-order valence-electron chi connectivity index (χ0n) is 16.4. The molecule has 162 valence electrons. The van der Waals surface area contributed by atoms with E-state index < -0.39 is 37.3 Å². The van der Waals surface area contributed by atoms with Gasteiger partial charge in [0, 0.05) is 24.2 Å². The number of hydrogen-bond acceptors (Lipinski definition) is 8. The first-order valence-corrected chi connectivity index (χ1v) is 10.8. The van der Waals surface area contributed by atoms with Crippen LogP contribution in [0.4, 0.5) is 0 Å². The lowest BCUT2D eigenvalue weighted by atomic mass is 9.98. The summed E-state index contributed by atoms with van der Waals surface area (Å²) < 4.78 is 13.0. The largest absolute Gasteiger partial charge is 0.463 e. The second kappa shape index (κ2) is 8.19. The molecule has 9 heteroatoms. The third kappa shape index (κ3) is 3.59. The molecule has 3 aromatic heterocycles. The maximum atomic E-state index is 10.6. The lowest BCUT2D eigenvalue weighted by Crippen LogP contribution is -2.56. The van der Waals surface area contributed by atoms with Gasteiger partial charge in [0.25, 0.3) is 0 Å². The number of rotatable bonds is 5. The molecule has 5 rings (SSSR count). The van der Waals surface area contributed by atoms with Gasteiger partial charge in [-0.05, 0) is 23.8 Å². The minimum Gasteiger partial charge on any atom is -0.463 e. The quantitative estimate of drug-likeness (QED) is 0.373. The molecule has 5 atom stereocenters. The maximum Gasteiger partial charge on any atom is 0.163 e. The van der Waals surface area contributed by atoms with Gasteiger partial charge in [0.1, 0.15) is 30.2 Å². The van der Waals surface area contributed by atoms with Gasteiger partial charge in [0.2, 0.25) is 0 Å². The Morgan fingerprint density at radius 3 is 2.65 bits per heavy atom. The molecule has 31 heavy (non-hydrogen) atoms. The fourth-order valence-electron chi connectivity index (χ4n) is 4.03. The smallest absolute Gasteiger partial charge is 0.163 e. The number of aliphatic hydroxyl groups excluding tert-OH is 4. The van der Waals surface area contributed by atoms with Gasteiger partial charge in [0.05, 0.1) is 28.3 Å². The van der Waals surface area contributed by atoms with Crippen molar-refractivity contribution in [3.8, 4) is 10.6 Å². The molecule has 0 bridgehead atoms. The van der Waals surface area contributed by atoms with Crippen LogP contribution in [-0.4, -0.2) is 61.0 Å². The molecule has 4 aromatic rings. The van der Waals surface area contributed by atoms with Crippen LogP contribution in [0.15, 0.2) is 59.5 Å². The third-order valence-corrected chi connectivity index (χ3v) is 6.64. The highest BCUT2D eigenvalue weighted by atomic mass is 32.1. The molecule has 1 fully saturated rings. The molecule has 8 nitrogen and oxygen atoms in total. The Morgan fingerprint density at radius 2 is 1.87 bits per heavy atom. The monoisotopic (exact) mass is 442 g/mol. The van der Waals surface area contributed by atoms with Crippen molar-refractivity contribution in [2.75, 3.05) is 6.61 Å². The summed E-state index contributed by atoms with van der Waals surface area (Å²) in [6, 6.07) is 11.4. The van der Waals surface area contributed by atoms with E-state index >= 15 is 0 Å². The highest BCUT2D eigenvalue weighted by Crippen LogP contribution is 2.35. The van der Waals surface area contributed by atoms with E-state index in [1.807, 2.05) is 42.6 Å². The molecular formula is C22H22N2O6S. The lowest BCUT2D eigenvalue weighted by molar-refractivity contribution is -0.250. The van der Waals surface area contributed by atoms with Crippen LogP contribution in [-0.2, 0) is 11.2 Å². The van der Waals surface area contributed by atoms with Crippen molar-refractivity contribution in [1.29, 1.82) is 0 Å². The normalized spacial score (nSPS) is 26.5. The van der Waals surface area contributed by atoms with E-state index in [9.17, 15) is 20.4 Å². The molecule has 4 N–H and O–H groups in total. The molecule has 4 heterocycles. The van der Waals surface area contributed by atoms with E-state index in [1.54, 1.807) is 28.4 Å². The predicted molar refractivity (Wildman–Crippen MR) is 114 cm³/mol. The van der Waals surface area contributed by atoms with Gasteiger partial charge in [-0.2, -0.15) is 0 Å². The van der Waals surface area contributed by atoms with E-state index in [-0.39, 0.29) is 0 Å². The summed E-state index contributed by atoms with van der Waals surface area (Å²) in [4.78, 5) is 5.46. The molecule has 1 saturated heterocycles. The molecule has 4 unspecified atom stereocenters. The number of thiazole rings is 1. The number of aliphatic hydroxyl groups is 4. The lowest BCUT2D eigenvalue weighted by Gasteiger charge is -2.40. The molecule has 0 radical (unpaired) electrons. The fourth-order valence-corrected chi connectivity index (χ4v) is 4.94. The van der Waals surface area contributed by atoms with Crippen molar-refractivity contribution >= 4 is 22.2 Å². The van der Waals surface area contributed by atoms with E-state index in [1.165, 1.54) is 0 Å². The van der Waals surface area contributed by atoms with Crippen molar-refractivity contribution in [1.82, 2.24) is 9.55 Å². The van der Waals surface area contributed by atoms with Gasteiger partial charge in [0.15, 0.2) is 6.23 Å². The summed E-state index contributed by atoms with van der Waals surface area (Å²) in [6.45, 7) is -0.470. The van der Waals surface area contributed by atoms with Crippen LogP contribution in [0.5, 0.6) is 0 Å². The minimum absolute atomic E-state index is 0.470. The number of furan rings is 1. The maximum absolute atomic E-state index is 10.6. The summed E-state index contributed by atoms with van der Waals surface area (Å²) in [7, 11) is 0. The van der Waals surface area contributed by atoms with E-state index in [0.29, 0.717) is 6.42 Å². The van der Waals surface area contributed by atoms with Gasteiger partial charge >= 0.3 is 0 Å². The van der Waals surface area contributed by atoms with Crippen LogP contribution in [0.3, 0.4) is 0 Å². The van der Waals surface area contributed by atoms with Crippen LogP contribution >= 0.6 is 11.3 Å². The second-order valence-electron chi connectivity index (χ2n) is 7.57. The number of fused-ring (bicyclic) bond motifs is 1. The van der Waals surface area contributed by atoms with Crippen molar-refractivity contribution in [3.05, 3.63) is 65.6 Å². The first-order chi connectivity index (χ1) is 15.1. The fraction of sp³-hybridized carbons (Fsp3) is 0.318. The summed E-state index contributed by atoms with van der Waals surface area (Å²) in [6.07, 6.45) is -0.262. The highest BCUT2D eigenvalue weighted by Gasteiger charge is 2.44. The average Bonchev–Trinajstić information content (AvgIpc) is 3.53. The van der Waals surface area contributed by atoms with Gasteiger partial charge in [-0.3, -0.25) is 0 Å². The number of para-hydroxylation sites is 1. The van der Waals surface area contributed by atoms with Crippen molar-refractivity contribution in [2.45, 2.75) is 37.1 Å². The zero-order chi connectivity index (χ0) is 21.5. The number of hydrogen-bond donors (Lipinski definition) is 4. The van der Waals surface area contributed by atoms with E-state index in [0.717, 1.165) is 32.1 Å². The molecule has 1 aliphatic heterocycles. The Balaban J connectivity index is 1.50. The molecule has 0 spiro atoms. The van der Waals surface area contributed by atoms with Crippen LogP contribution in [0.1, 0.15) is 16.8 Å². The molecule has 0 aliphatic carbocycles. The standard InChI is InChI=1S/C22H22N2O6S/c25-11-16-19(26)20(27)21(28)22(30-16)24-10-12(13-4-1-2-5-14(13)24)8-18-23-9-17(31-18)15-6-3-7-29-15/h1-7,9-10,16,19-22,25-28H,8,11H2/t16?,19?,20?,21?,22-/m1/s1. The number of nitrogens with zero attached hydrogens (tertiary/aromatic N) is 2. The SMILES string of the molecule is OCC1O[C@@H](n2cc(Cc3ncc(-c4ccco4)s3)c3ccccc32)C(O)C(O)C1O. The zero-order valence-corrected chi connectivity index (χ0v) is 17.2. The summed E-state index contributed by atoms with van der Waals surface area (Å²) in [5.41, 5.74) is 1.79. The first-order valence-electron chi connectivity index (χ1n) is 9.94. The Labute approximate surface area is 181 Å². The van der Waals surface area contributed by atoms with Gasteiger partial charge in [-0.15, -0.1) is 11.3 Å². The Kier molecular flexibility index (Phi) is 5.39. The molecule has 1 aromatic carbocycles. The molecule has 1 aliphatic rings. The van der Waals surface area contributed by atoms with Crippen molar-refractivity contribution < 1.29 is 29.6 Å². The Bertz CT molecular complexity index is 1170. The van der Waals surface area contributed by atoms with E-state index in [4.69, 9.17) is 9.15 Å². The van der Waals surface area contributed by atoms with Gasteiger partial charge < -0.3 is 34.1 Å². The van der Waals surface area contributed by atoms with Crippen molar-refractivity contribution in [2.24, 2.45) is 0 Å². The van der Waals surface area contributed by atoms with Gasteiger partial charge in [-0.25, -0.2) is 4.98 Å². The average molecular weight is 442 g/mol. The molecule has 0 amide bonds.